The molecule has 2 aromatic rings. The van der Waals surface area contributed by atoms with Crippen molar-refractivity contribution < 1.29 is 4.79 Å². The summed E-state index contributed by atoms with van der Waals surface area (Å²) in [6.07, 6.45) is 6.59. The molecule has 1 aromatic carbocycles. The molecule has 0 bridgehead atoms. The van der Waals surface area contributed by atoms with E-state index in [2.05, 4.69) is 10.3 Å². The van der Waals surface area contributed by atoms with Crippen molar-refractivity contribution in [1.82, 2.24) is 4.98 Å². The minimum atomic E-state index is 0.272. The Balaban J connectivity index is 0.000000249. The average molecular weight is 327 g/mol. The van der Waals surface area contributed by atoms with E-state index in [1.807, 2.05) is 36.4 Å². The highest BCUT2D eigenvalue weighted by Gasteiger charge is 2.20. The molecule has 1 heterocycles. The van der Waals surface area contributed by atoms with Gasteiger partial charge in [0.2, 0.25) is 6.41 Å². The molecule has 0 radical (unpaired) electrons. The molecule has 0 aliphatic heterocycles. The van der Waals surface area contributed by atoms with Gasteiger partial charge in [0.1, 0.15) is 11.6 Å². The van der Waals surface area contributed by atoms with E-state index in [4.69, 9.17) is 17.2 Å². The number of nitrogens with one attached hydrogen (secondary N) is 1. The number of aromatic nitrogens is 1. The van der Waals surface area contributed by atoms with E-state index in [0.717, 1.165) is 24.1 Å². The molecule has 3 rings (SSSR count). The summed E-state index contributed by atoms with van der Waals surface area (Å²) >= 11 is 0. The molecule has 128 valence electrons. The number of hydrogen-bond donors (Lipinski definition) is 4. The monoisotopic (exact) mass is 327 g/mol. The maximum absolute atomic E-state index is 10.6. The maximum atomic E-state index is 10.6. The Kier molecular flexibility index (Phi) is 6.42. The van der Waals surface area contributed by atoms with Crippen molar-refractivity contribution in [2.45, 2.75) is 38.0 Å². The number of para-hydroxylation sites is 1. The van der Waals surface area contributed by atoms with Crippen LogP contribution in [0.5, 0.6) is 0 Å². The molecule has 1 saturated carbocycles. The van der Waals surface area contributed by atoms with Gasteiger partial charge in [-0.1, -0.05) is 37.5 Å². The number of hydrogen-bond acceptors (Lipinski definition) is 5. The van der Waals surface area contributed by atoms with Gasteiger partial charge in [-0.15, -0.1) is 0 Å². The zero-order valence-corrected chi connectivity index (χ0v) is 13.7. The molecular weight excluding hydrogens is 302 g/mol. The van der Waals surface area contributed by atoms with Crippen LogP contribution in [0.3, 0.4) is 0 Å². The highest BCUT2D eigenvalue weighted by atomic mass is 16.1. The third-order valence-electron chi connectivity index (χ3n) is 4.15. The largest absolute Gasteiger partial charge is 0.399 e. The predicted molar refractivity (Wildman–Crippen MR) is 99.4 cm³/mol. The van der Waals surface area contributed by atoms with E-state index < -0.39 is 0 Å². The number of pyridine rings is 1. The quantitative estimate of drug-likeness (QED) is 0.510. The van der Waals surface area contributed by atoms with Crippen LogP contribution in [0.25, 0.3) is 0 Å². The van der Waals surface area contributed by atoms with Crippen LogP contribution in [0.15, 0.2) is 36.4 Å². The first-order chi connectivity index (χ1) is 11.6. The second-order valence-electron chi connectivity index (χ2n) is 5.91. The standard InChI is InChI=1S/C12H18N4O.C6H7N/c13-10-6-9(8-4-2-1-3-5-8)12(15-7-17)16-11(10)14;7-6-4-2-1-3-5-6/h6-8H,1-5,13H2,(H3,14,15,16,17);1-5H,7H2. The molecule has 1 aliphatic rings. The van der Waals surface area contributed by atoms with Crippen molar-refractivity contribution in [3.8, 4) is 0 Å². The Bertz CT molecular complexity index is 654. The van der Waals surface area contributed by atoms with Gasteiger partial charge in [0.05, 0.1) is 5.69 Å². The van der Waals surface area contributed by atoms with Crippen LogP contribution in [-0.4, -0.2) is 11.4 Å². The summed E-state index contributed by atoms with van der Waals surface area (Å²) in [5, 5.41) is 2.61. The Morgan fingerprint density at radius 3 is 2.25 bits per heavy atom. The SMILES string of the molecule is Nc1cc(C2CCCCC2)c(NC=O)nc1N.Nc1ccccc1. The molecule has 7 N–H and O–H groups in total. The van der Waals surface area contributed by atoms with Crippen LogP contribution in [-0.2, 0) is 4.79 Å². The fourth-order valence-electron chi connectivity index (χ4n) is 2.91. The fraction of sp³-hybridized carbons (Fsp3) is 0.333. The van der Waals surface area contributed by atoms with E-state index in [1.54, 1.807) is 0 Å². The lowest BCUT2D eigenvalue weighted by Gasteiger charge is -2.24. The lowest BCUT2D eigenvalue weighted by atomic mass is 9.84. The van der Waals surface area contributed by atoms with Gasteiger partial charge in [0.25, 0.3) is 0 Å². The highest BCUT2D eigenvalue weighted by molar-refractivity contribution is 5.75. The second kappa shape index (κ2) is 8.76. The minimum Gasteiger partial charge on any atom is -0.399 e. The van der Waals surface area contributed by atoms with Crippen molar-refractivity contribution in [2.24, 2.45) is 0 Å². The molecule has 1 aromatic heterocycles. The van der Waals surface area contributed by atoms with Gasteiger partial charge < -0.3 is 22.5 Å². The molecule has 1 aliphatic carbocycles. The highest BCUT2D eigenvalue weighted by Crippen LogP contribution is 2.37. The van der Waals surface area contributed by atoms with Crippen LogP contribution in [0.2, 0.25) is 0 Å². The van der Waals surface area contributed by atoms with Gasteiger partial charge in [0.15, 0.2) is 0 Å². The summed E-state index contributed by atoms with van der Waals surface area (Å²) in [6, 6.07) is 11.3. The fourth-order valence-corrected chi connectivity index (χ4v) is 2.91. The molecule has 0 saturated heterocycles. The first-order valence-corrected chi connectivity index (χ1v) is 8.18. The van der Waals surface area contributed by atoms with E-state index >= 15 is 0 Å². The third kappa shape index (κ3) is 4.87. The van der Waals surface area contributed by atoms with Gasteiger partial charge in [0, 0.05) is 11.3 Å². The van der Waals surface area contributed by atoms with Gasteiger partial charge >= 0.3 is 0 Å². The molecule has 1 fully saturated rings. The summed E-state index contributed by atoms with van der Waals surface area (Å²) < 4.78 is 0. The number of anilines is 4. The minimum absolute atomic E-state index is 0.272. The summed E-state index contributed by atoms with van der Waals surface area (Å²) in [4.78, 5) is 14.7. The molecule has 0 unspecified atom stereocenters. The van der Waals surface area contributed by atoms with Crippen molar-refractivity contribution in [2.75, 3.05) is 22.5 Å². The number of rotatable bonds is 3. The lowest BCUT2D eigenvalue weighted by molar-refractivity contribution is -0.105. The van der Waals surface area contributed by atoms with Crippen LogP contribution < -0.4 is 22.5 Å². The molecule has 1 amide bonds. The van der Waals surface area contributed by atoms with Crippen molar-refractivity contribution in [1.29, 1.82) is 0 Å². The maximum Gasteiger partial charge on any atom is 0.212 e. The van der Waals surface area contributed by atoms with Crippen molar-refractivity contribution in [3.63, 3.8) is 0 Å². The van der Waals surface area contributed by atoms with Crippen LogP contribution in [0.4, 0.5) is 23.0 Å². The predicted octanol–water partition coefficient (Wildman–Crippen LogP) is 3.13. The Hall–Kier alpha value is -2.76. The Labute approximate surface area is 142 Å². The zero-order chi connectivity index (χ0) is 17.4. The topological polar surface area (TPSA) is 120 Å². The molecule has 6 nitrogen and oxygen atoms in total. The van der Waals surface area contributed by atoms with Gasteiger partial charge in [-0.05, 0) is 37.0 Å². The summed E-state index contributed by atoms with van der Waals surface area (Å²) in [6.45, 7) is 0. The smallest absolute Gasteiger partial charge is 0.212 e. The second-order valence-corrected chi connectivity index (χ2v) is 5.91. The number of carbonyl (C=O) groups is 1. The van der Waals surface area contributed by atoms with Gasteiger partial charge in [-0.25, -0.2) is 4.98 Å². The first-order valence-electron chi connectivity index (χ1n) is 8.18. The first kappa shape index (κ1) is 17.6. The zero-order valence-electron chi connectivity index (χ0n) is 13.7. The molecule has 6 heteroatoms. The Morgan fingerprint density at radius 1 is 1.04 bits per heavy atom. The van der Waals surface area contributed by atoms with Crippen LogP contribution >= 0.6 is 0 Å². The van der Waals surface area contributed by atoms with E-state index in [-0.39, 0.29) is 5.82 Å². The molecule has 0 spiro atoms. The number of carbonyl (C=O) groups excluding carboxylic acids is 1. The van der Waals surface area contributed by atoms with Gasteiger partial charge in [-0.2, -0.15) is 0 Å². The van der Waals surface area contributed by atoms with E-state index in [9.17, 15) is 4.79 Å². The third-order valence-corrected chi connectivity index (χ3v) is 4.15. The average Bonchev–Trinajstić information content (AvgIpc) is 2.60. The van der Waals surface area contributed by atoms with Crippen molar-refractivity contribution in [3.05, 3.63) is 42.0 Å². The summed E-state index contributed by atoms with van der Waals surface area (Å²) in [7, 11) is 0. The molecule has 0 atom stereocenters. The Morgan fingerprint density at radius 2 is 1.71 bits per heavy atom. The number of nitrogens with two attached hydrogens (primary N) is 3. The number of benzene rings is 1. The van der Waals surface area contributed by atoms with Gasteiger partial charge in [-0.3, -0.25) is 4.79 Å². The number of amides is 1. The number of nitrogens with zero attached hydrogens (tertiary/aromatic N) is 1. The number of nitrogen functional groups attached to an aromatic ring is 3. The van der Waals surface area contributed by atoms with E-state index in [0.29, 0.717) is 23.8 Å². The van der Waals surface area contributed by atoms with Crippen LogP contribution in [0, 0.1) is 0 Å². The normalized spacial score (nSPS) is 14.3. The molecule has 24 heavy (non-hydrogen) atoms. The summed E-state index contributed by atoms with van der Waals surface area (Å²) in [5.41, 5.74) is 19.1. The molecular formula is C18H25N5O. The lowest BCUT2D eigenvalue weighted by Crippen LogP contribution is -2.12. The van der Waals surface area contributed by atoms with Crippen LogP contribution in [0.1, 0.15) is 43.6 Å². The summed E-state index contributed by atoms with van der Waals surface area (Å²) in [5.74, 6) is 1.26. The van der Waals surface area contributed by atoms with E-state index in [1.165, 1.54) is 19.3 Å². The van der Waals surface area contributed by atoms with Crippen molar-refractivity contribution >= 4 is 29.4 Å².